The van der Waals surface area contributed by atoms with Crippen LogP contribution in [0.5, 0.6) is 0 Å². The Bertz CT molecular complexity index is 2320. The third-order valence-electron chi connectivity index (χ3n) is 10.6. The number of pyridine rings is 1. The van der Waals surface area contributed by atoms with Gasteiger partial charge in [-0.1, -0.05) is 104 Å². The maximum Gasteiger partial charge on any atom is 0.197 e. The Kier molecular flexibility index (Phi) is 7.41. The average Bonchev–Trinajstić information content (AvgIpc) is 3.69. The van der Waals surface area contributed by atoms with Gasteiger partial charge in [0.15, 0.2) is 11.6 Å². The number of nitrogens with zero attached hydrogens (tertiary/aromatic N) is 2. The summed E-state index contributed by atoms with van der Waals surface area (Å²) >= 11 is 1.62. The lowest BCUT2D eigenvalue weighted by atomic mass is 9.83. The highest BCUT2D eigenvalue weighted by Gasteiger charge is 2.39. The molecule has 0 amide bonds. The van der Waals surface area contributed by atoms with Gasteiger partial charge < -0.3 is 0 Å². The lowest BCUT2D eigenvalue weighted by molar-refractivity contribution is 0.0990. The second-order valence-electron chi connectivity index (χ2n) is 16.5. The van der Waals surface area contributed by atoms with Crippen molar-refractivity contribution in [3.63, 3.8) is 0 Å². The first-order valence-corrected chi connectivity index (χ1v) is 18.4. The molecule has 5 heteroatoms. The van der Waals surface area contributed by atoms with Crippen molar-refractivity contribution in [3.05, 3.63) is 147 Å². The zero-order chi connectivity index (χ0) is 36.0. The predicted molar refractivity (Wildman–Crippen MR) is 212 cm³/mol. The van der Waals surface area contributed by atoms with E-state index in [1.54, 1.807) is 17.4 Å². The predicted octanol–water partition coefficient (Wildman–Crippen LogP) is 12.1. The molecule has 2 heterocycles. The fourth-order valence-corrected chi connectivity index (χ4v) is 8.76. The van der Waals surface area contributed by atoms with Gasteiger partial charge in [-0.2, -0.15) is 0 Å². The maximum atomic E-state index is 13.5. The van der Waals surface area contributed by atoms with Crippen LogP contribution in [0.4, 0.5) is 17.2 Å². The summed E-state index contributed by atoms with van der Waals surface area (Å²) in [6.45, 7) is 17.9. The second-order valence-corrected chi connectivity index (χ2v) is 17.6. The number of aromatic nitrogens is 1. The molecular formula is C46H42N2O2S. The number of thiophene rings is 1. The largest absolute Gasteiger partial charge is 0.295 e. The van der Waals surface area contributed by atoms with Gasteiger partial charge in [0.05, 0.1) is 5.57 Å². The summed E-state index contributed by atoms with van der Waals surface area (Å²) in [7, 11) is 0. The molecule has 2 aliphatic carbocycles. The lowest BCUT2D eigenvalue weighted by Gasteiger charge is -2.28. The first kappa shape index (κ1) is 33.0. The Morgan fingerprint density at radius 1 is 0.647 bits per heavy atom. The average molecular weight is 687 g/mol. The topological polar surface area (TPSA) is 50.3 Å². The van der Waals surface area contributed by atoms with Gasteiger partial charge in [0.25, 0.3) is 0 Å². The minimum absolute atomic E-state index is 0.0523. The summed E-state index contributed by atoms with van der Waals surface area (Å²) in [5, 5.41) is 1.92. The van der Waals surface area contributed by atoms with Crippen LogP contribution in [-0.2, 0) is 16.2 Å². The van der Waals surface area contributed by atoms with E-state index >= 15 is 0 Å². The molecule has 2 aromatic heterocycles. The van der Waals surface area contributed by atoms with Crippen molar-refractivity contribution >= 4 is 56.9 Å². The van der Waals surface area contributed by atoms with Gasteiger partial charge in [0.2, 0.25) is 0 Å². The molecule has 0 saturated heterocycles. The van der Waals surface area contributed by atoms with Gasteiger partial charge in [-0.25, -0.2) is 4.98 Å². The molecular weight excluding hydrogens is 645 g/mol. The maximum absolute atomic E-state index is 13.5. The fraction of sp³-hybridized carbons (Fsp3) is 0.239. The number of carbonyl (C=O) groups is 2. The van der Waals surface area contributed by atoms with Gasteiger partial charge in [-0.3, -0.25) is 14.5 Å². The van der Waals surface area contributed by atoms with E-state index in [0.717, 1.165) is 43.3 Å². The van der Waals surface area contributed by atoms with Gasteiger partial charge in [-0.15, -0.1) is 11.3 Å². The van der Waals surface area contributed by atoms with Crippen molar-refractivity contribution < 1.29 is 9.59 Å². The third-order valence-corrected chi connectivity index (χ3v) is 11.7. The van der Waals surface area contributed by atoms with Crippen molar-refractivity contribution in [2.24, 2.45) is 0 Å². The molecule has 4 aromatic carbocycles. The Labute approximate surface area is 304 Å². The minimum Gasteiger partial charge on any atom is -0.295 e. The van der Waals surface area contributed by atoms with Crippen molar-refractivity contribution in [1.29, 1.82) is 0 Å². The van der Waals surface area contributed by atoms with E-state index < -0.39 is 0 Å². The molecule has 0 N–H and O–H groups in total. The van der Waals surface area contributed by atoms with Crippen LogP contribution in [0.25, 0.3) is 27.3 Å². The monoisotopic (exact) mass is 686 g/mol. The molecule has 0 spiro atoms. The van der Waals surface area contributed by atoms with Crippen molar-refractivity contribution in [1.82, 2.24) is 4.98 Å². The fourth-order valence-electron chi connectivity index (χ4n) is 7.47. The number of anilines is 3. The Morgan fingerprint density at radius 2 is 1.16 bits per heavy atom. The van der Waals surface area contributed by atoms with E-state index in [2.05, 4.69) is 121 Å². The van der Waals surface area contributed by atoms with Crippen LogP contribution in [0.2, 0.25) is 0 Å². The second kappa shape index (κ2) is 11.4. The van der Waals surface area contributed by atoms with Gasteiger partial charge >= 0.3 is 0 Å². The number of ketones is 2. The number of hydrogen-bond acceptors (Lipinski definition) is 5. The summed E-state index contributed by atoms with van der Waals surface area (Å²) in [6, 6.07) is 33.6. The van der Waals surface area contributed by atoms with Crippen LogP contribution in [0.3, 0.4) is 0 Å². The highest BCUT2D eigenvalue weighted by Crippen LogP contribution is 2.54. The smallest absolute Gasteiger partial charge is 0.197 e. The molecule has 0 radical (unpaired) electrons. The molecule has 0 atom stereocenters. The molecule has 8 rings (SSSR count). The number of fused-ring (bicyclic) bond motifs is 5. The van der Waals surface area contributed by atoms with Crippen LogP contribution in [0.15, 0.2) is 109 Å². The van der Waals surface area contributed by atoms with E-state index in [9.17, 15) is 9.59 Å². The highest BCUT2D eigenvalue weighted by molar-refractivity contribution is 7.16. The van der Waals surface area contributed by atoms with Gasteiger partial charge in [0.1, 0.15) is 5.82 Å². The molecule has 0 saturated carbocycles. The molecule has 4 nitrogen and oxygen atoms in total. The number of benzene rings is 4. The van der Waals surface area contributed by atoms with E-state index in [0.29, 0.717) is 11.1 Å². The van der Waals surface area contributed by atoms with Crippen LogP contribution < -0.4 is 4.90 Å². The Hall–Kier alpha value is -5.13. The standard InChI is InChI=1S/C46H42N2O2S/c1-44(2,3)29-13-17-31(18-14-29)48(32-19-15-30(16-20-32)45(4,5)6)40-25-38-37(26-47-40)43-39(46(38,7)8)24-33(51-43)23-36-41(49)34-21-27-11-9-10-12-28(27)22-35(34)42(36)50/h9-26H,1-8H3. The number of Topliss-reactive ketones (excluding diaryl/α,β-unsaturated/α-hetero) is 2. The lowest BCUT2D eigenvalue weighted by Crippen LogP contribution is -2.18. The number of rotatable bonds is 4. The highest BCUT2D eigenvalue weighted by atomic mass is 32.1. The molecule has 254 valence electrons. The van der Waals surface area contributed by atoms with Crippen LogP contribution in [0, 0.1) is 0 Å². The van der Waals surface area contributed by atoms with Crippen LogP contribution in [0.1, 0.15) is 103 Å². The number of allylic oxidation sites excluding steroid dienone is 1. The first-order chi connectivity index (χ1) is 24.1. The van der Waals surface area contributed by atoms with Crippen molar-refractivity contribution in [3.8, 4) is 10.4 Å². The normalized spacial score (nSPS) is 14.9. The number of hydrogen-bond donors (Lipinski definition) is 0. The van der Waals surface area contributed by atoms with Crippen molar-refractivity contribution in [2.75, 3.05) is 4.90 Å². The zero-order valence-electron chi connectivity index (χ0n) is 30.5. The van der Waals surface area contributed by atoms with E-state index in [1.165, 1.54) is 22.3 Å². The van der Waals surface area contributed by atoms with E-state index in [-0.39, 0.29) is 33.4 Å². The molecule has 0 unspecified atom stereocenters. The van der Waals surface area contributed by atoms with Gasteiger partial charge in [-0.05, 0) is 98.5 Å². The zero-order valence-corrected chi connectivity index (χ0v) is 31.3. The Morgan fingerprint density at radius 3 is 1.65 bits per heavy atom. The van der Waals surface area contributed by atoms with Crippen molar-refractivity contribution in [2.45, 2.75) is 71.6 Å². The summed E-state index contributed by atoms with van der Waals surface area (Å²) in [6.07, 6.45) is 3.79. The summed E-state index contributed by atoms with van der Waals surface area (Å²) in [5.41, 5.74) is 9.17. The molecule has 2 aliphatic rings. The quantitative estimate of drug-likeness (QED) is 0.137. The van der Waals surface area contributed by atoms with Gasteiger partial charge in [0, 0.05) is 49.4 Å². The minimum atomic E-state index is -0.308. The molecule has 6 aromatic rings. The van der Waals surface area contributed by atoms with E-state index in [4.69, 9.17) is 4.98 Å². The van der Waals surface area contributed by atoms with E-state index in [1.807, 2.05) is 42.6 Å². The molecule has 51 heavy (non-hydrogen) atoms. The first-order valence-electron chi connectivity index (χ1n) is 17.6. The summed E-state index contributed by atoms with van der Waals surface area (Å²) in [4.78, 5) is 36.4. The summed E-state index contributed by atoms with van der Waals surface area (Å²) in [5.74, 6) is 0.455. The third kappa shape index (κ3) is 5.46. The van der Waals surface area contributed by atoms with Crippen LogP contribution in [-0.4, -0.2) is 16.6 Å². The molecule has 0 bridgehead atoms. The number of carbonyl (C=O) groups excluding carboxylic acids is 2. The SMILES string of the molecule is CC(C)(C)c1ccc(N(c2ccc(C(C)(C)C)cc2)c2cc3c(cn2)-c2sc(C=C4C(=O)c5cc6ccccc6cc5C4=O)cc2C3(C)C)cc1. The molecule has 0 aliphatic heterocycles. The Balaban J connectivity index is 1.18. The molecule has 0 fully saturated rings. The van der Waals surface area contributed by atoms with Crippen LogP contribution >= 0.6 is 11.3 Å². The summed E-state index contributed by atoms with van der Waals surface area (Å²) < 4.78 is 0.